The SMILES string of the molecule is C/C(=N\NC(=O)COc1cccc(C)c1)c1cccs1. The lowest BCUT2D eigenvalue weighted by molar-refractivity contribution is -0.123. The maximum absolute atomic E-state index is 11.6. The molecule has 0 atom stereocenters. The Balaban J connectivity index is 1.83. The summed E-state index contributed by atoms with van der Waals surface area (Å²) in [6, 6.07) is 11.5. The number of carbonyl (C=O) groups is 1. The Labute approximate surface area is 122 Å². The van der Waals surface area contributed by atoms with Gasteiger partial charge in [-0.2, -0.15) is 5.10 Å². The van der Waals surface area contributed by atoms with Crippen molar-refractivity contribution in [1.29, 1.82) is 0 Å². The summed E-state index contributed by atoms with van der Waals surface area (Å²) in [5.74, 6) is 0.404. The van der Waals surface area contributed by atoms with Crippen LogP contribution in [0.25, 0.3) is 0 Å². The molecule has 4 nitrogen and oxygen atoms in total. The lowest BCUT2D eigenvalue weighted by atomic mass is 10.2. The average Bonchev–Trinajstić information content (AvgIpc) is 2.97. The number of hydrogen-bond donors (Lipinski definition) is 1. The number of amides is 1. The summed E-state index contributed by atoms with van der Waals surface area (Å²) >= 11 is 1.58. The van der Waals surface area contributed by atoms with Crippen molar-refractivity contribution in [2.24, 2.45) is 5.10 Å². The van der Waals surface area contributed by atoms with Gasteiger partial charge in [-0.15, -0.1) is 11.3 Å². The quantitative estimate of drug-likeness (QED) is 0.679. The van der Waals surface area contributed by atoms with E-state index in [2.05, 4.69) is 10.5 Å². The molecule has 0 saturated heterocycles. The van der Waals surface area contributed by atoms with E-state index < -0.39 is 0 Å². The molecule has 1 aromatic carbocycles. The van der Waals surface area contributed by atoms with Gasteiger partial charge in [0.2, 0.25) is 0 Å². The number of benzene rings is 1. The number of carbonyl (C=O) groups excluding carboxylic acids is 1. The molecule has 1 aromatic heterocycles. The van der Waals surface area contributed by atoms with Crippen LogP contribution in [0.5, 0.6) is 5.75 Å². The fourth-order valence-electron chi connectivity index (χ4n) is 1.57. The molecule has 0 unspecified atom stereocenters. The lowest BCUT2D eigenvalue weighted by Crippen LogP contribution is -2.25. The first-order chi connectivity index (χ1) is 9.65. The van der Waals surface area contributed by atoms with E-state index in [-0.39, 0.29) is 12.5 Å². The number of thiophene rings is 1. The van der Waals surface area contributed by atoms with E-state index in [0.717, 1.165) is 16.2 Å². The average molecular weight is 288 g/mol. The first-order valence-electron chi connectivity index (χ1n) is 6.21. The molecule has 1 N–H and O–H groups in total. The van der Waals surface area contributed by atoms with Crippen LogP contribution >= 0.6 is 11.3 Å². The number of nitrogens with one attached hydrogen (secondary N) is 1. The molecular formula is C15H16N2O2S. The zero-order chi connectivity index (χ0) is 14.4. The van der Waals surface area contributed by atoms with Crippen LogP contribution in [0.1, 0.15) is 17.4 Å². The fraction of sp³-hybridized carbons (Fsp3) is 0.200. The maximum atomic E-state index is 11.6. The van der Waals surface area contributed by atoms with Crippen molar-refractivity contribution >= 4 is 23.0 Å². The monoisotopic (exact) mass is 288 g/mol. The Kier molecular flexibility index (Phi) is 4.90. The number of aryl methyl sites for hydroxylation is 1. The van der Waals surface area contributed by atoms with Crippen molar-refractivity contribution in [2.75, 3.05) is 6.61 Å². The van der Waals surface area contributed by atoms with E-state index in [1.165, 1.54) is 0 Å². The third kappa shape index (κ3) is 4.20. The molecule has 2 aromatic rings. The number of ether oxygens (including phenoxy) is 1. The second-order valence-electron chi connectivity index (χ2n) is 4.31. The highest BCUT2D eigenvalue weighted by molar-refractivity contribution is 7.12. The predicted molar refractivity (Wildman–Crippen MR) is 81.3 cm³/mol. The normalized spacial score (nSPS) is 11.2. The summed E-state index contributed by atoms with van der Waals surface area (Å²) in [6.45, 7) is 3.78. The molecule has 20 heavy (non-hydrogen) atoms. The Morgan fingerprint density at radius 1 is 1.35 bits per heavy atom. The van der Waals surface area contributed by atoms with Gasteiger partial charge in [0.25, 0.3) is 5.91 Å². The van der Waals surface area contributed by atoms with Gasteiger partial charge < -0.3 is 4.74 Å². The summed E-state index contributed by atoms with van der Waals surface area (Å²) in [4.78, 5) is 12.7. The Morgan fingerprint density at radius 3 is 2.90 bits per heavy atom. The van der Waals surface area contributed by atoms with Crippen LogP contribution in [0.3, 0.4) is 0 Å². The molecule has 1 amide bonds. The molecule has 0 aliphatic carbocycles. The second-order valence-corrected chi connectivity index (χ2v) is 5.26. The van der Waals surface area contributed by atoms with Crippen molar-refractivity contribution in [3.05, 3.63) is 52.2 Å². The molecule has 1 heterocycles. The Hall–Kier alpha value is -2.14. The maximum Gasteiger partial charge on any atom is 0.277 e. The van der Waals surface area contributed by atoms with Gasteiger partial charge in [0.1, 0.15) is 5.75 Å². The number of hydrogen-bond acceptors (Lipinski definition) is 4. The minimum absolute atomic E-state index is 0.0509. The first-order valence-corrected chi connectivity index (χ1v) is 7.09. The third-order valence-electron chi connectivity index (χ3n) is 2.59. The molecule has 0 aliphatic heterocycles. The standard InChI is InChI=1S/C15H16N2O2S/c1-11-5-3-6-13(9-11)19-10-15(18)17-16-12(2)14-7-4-8-20-14/h3-9H,10H2,1-2H3,(H,17,18)/b16-12+. The predicted octanol–water partition coefficient (Wildman–Crippen LogP) is 2.98. The van der Waals surface area contributed by atoms with Crippen molar-refractivity contribution in [2.45, 2.75) is 13.8 Å². The second kappa shape index (κ2) is 6.86. The Morgan fingerprint density at radius 2 is 2.20 bits per heavy atom. The summed E-state index contributed by atoms with van der Waals surface area (Å²) in [5, 5.41) is 6.01. The molecule has 0 aliphatic rings. The molecule has 0 spiro atoms. The van der Waals surface area contributed by atoms with Crippen molar-refractivity contribution in [1.82, 2.24) is 5.43 Å². The highest BCUT2D eigenvalue weighted by atomic mass is 32.1. The zero-order valence-corrected chi connectivity index (χ0v) is 12.2. The fourth-order valence-corrected chi connectivity index (χ4v) is 2.25. The smallest absolute Gasteiger partial charge is 0.277 e. The van der Waals surface area contributed by atoms with Gasteiger partial charge in [-0.1, -0.05) is 18.2 Å². The minimum Gasteiger partial charge on any atom is -0.484 e. The Bertz CT molecular complexity index is 606. The van der Waals surface area contributed by atoms with Crippen LogP contribution < -0.4 is 10.2 Å². The van der Waals surface area contributed by atoms with Gasteiger partial charge >= 0.3 is 0 Å². The van der Waals surface area contributed by atoms with Gasteiger partial charge in [0.15, 0.2) is 6.61 Å². The van der Waals surface area contributed by atoms with E-state index in [9.17, 15) is 4.79 Å². The highest BCUT2D eigenvalue weighted by Crippen LogP contribution is 2.12. The van der Waals surface area contributed by atoms with E-state index in [1.807, 2.05) is 55.6 Å². The van der Waals surface area contributed by atoms with Crippen LogP contribution in [-0.4, -0.2) is 18.2 Å². The summed E-state index contributed by atoms with van der Waals surface area (Å²) in [5.41, 5.74) is 4.36. The molecule has 104 valence electrons. The molecule has 0 radical (unpaired) electrons. The van der Waals surface area contributed by atoms with Crippen LogP contribution in [0.15, 0.2) is 46.9 Å². The van der Waals surface area contributed by atoms with Crippen LogP contribution in [-0.2, 0) is 4.79 Å². The van der Waals surface area contributed by atoms with Crippen LogP contribution in [0, 0.1) is 6.92 Å². The first kappa shape index (κ1) is 14.3. The van der Waals surface area contributed by atoms with Crippen molar-refractivity contribution in [3.63, 3.8) is 0 Å². The van der Waals surface area contributed by atoms with Gasteiger partial charge in [-0.05, 0) is 43.0 Å². The zero-order valence-electron chi connectivity index (χ0n) is 11.4. The summed E-state index contributed by atoms with van der Waals surface area (Å²) in [6.07, 6.45) is 0. The van der Waals surface area contributed by atoms with Crippen molar-refractivity contribution in [3.8, 4) is 5.75 Å². The van der Waals surface area contributed by atoms with Crippen molar-refractivity contribution < 1.29 is 9.53 Å². The van der Waals surface area contributed by atoms with E-state index >= 15 is 0 Å². The summed E-state index contributed by atoms with van der Waals surface area (Å²) < 4.78 is 5.39. The minimum atomic E-state index is -0.276. The third-order valence-corrected chi connectivity index (χ3v) is 3.56. The lowest BCUT2D eigenvalue weighted by Gasteiger charge is -2.06. The van der Waals surface area contributed by atoms with E-state index in [1.54, 1.807) is 11.3 Å². The molecule has 5 heteroatoms. The molecule has 0 fully saturated rings. The van der Waals surface area contributed by atoms with Crippen LogP contribution in [0.2, 0.25) is 0 Å². The topological polar surface area (TPSA) is 50.7 Å². The molecule has 0 saturated carbocycles. The molecule has 2 rings (SSSR count). The number of hydrazone groups is 1. The number of rotatable bonds is 5. The molecular weight excluding hydrogens is 272 g/mol. The number of nitrogens with zero attached hydrogens (tertiary/aromatic N) is 1. The van der Waals surface area contributed by atoms with Gasteiger partial charge in [0.05, 0.1) is 5.71 Å². The van der Waals surface area contributed by atoms with E-state index in [4.69, 9.17) is 4.74 Å². The highest BCUT2D eigenvalue weighted by Gasteiger charge is 2.03. The van der Waals surface area contributed by atoms with Gasteiger partial charge in [0, 0.05) is 4.88 Å². The van der Waals surface area contributed by atoms with E-state index in [0.29, 0.717) is 5.75 Å². The molecule has 0 bridgehead atoms. The van der Waals surface area contributed by atoms with Gasteiger partial charge in [-0.25, -0.2) is 5.43 Å². The summed E-state index contributed by atoms with van der Waals surface area (Å²) in [7, 11) is 0. The van der Waals surface area contributed by atoms with Gasteiger partial charge in [-0.3, -0.25) is 4.79 Å². The largest absolute Gasteiger partial charge is 0.484 e. The van der Waals surface area contributed by atoms with Crippen LogP contribution in [0.4, 0.5) is 0 Å².